The van der Waals surface area contributed by atoms with Gasteiger partial charge in [0.25, 0.3) is 11.7 Å². The number of ketones is 1. The minimum atomic E-state index is -1.10. The first-order valence-corrected chi connectivity index (χ1v) is 12.0. The van der Waals surface area contributed by atoms with Crippen LogP contribution < -0.4 is 19.1 Å². The van der Waals surface area contributed by atoms with E-state index in [2.05, 4.69) is 0 Å². The molecule has 1 heterocycles. The minimum Gasteiger partial charge on any atom is -0.507 e. The lowest BCUT2D eigenvalue weighted by Gasteiger charge is -2.27. The second-order valence-electron chi connectivity index (χ2n) is 8.03. The Morgan fingerprint density at radius 2 is 1.73 bits per heavy atom. The largest absolute Gasteiger partial charge is 0.507 e. The normalized spacial score (nSPS) is 16.7. The summed E-state index contributed by atoms with van der Waals surface area (Å²) in [6.07, 6.45) is 0. The summed E-state index contributed by atoms with van der Waals surface area (Å²) >= 11 is 6.01. The predicted molar refractivity (Wildman–Crippen MR) is 138 cm³/mol. The number of Topliss-reactive ketones (excluding diaryl/α,β-unsaturated/α-hetero) is 1. The fraction of sp³-hybridized carbons (Fsp3) is 0.214. The third kappa shape index (κ3) is 4.84. The Hall–Kier alpha value is -4.04. The number of amides is 1. The molecule has 0 aliphatic carbocycles. The molecular weight excluding hydrogens is 501 g/mol. The van der Waals surface area contributed by atoms with Gasteiger partial charge in [-0.05, 0) is 50.2 Å². The molecule has 0 bridgehead atoms. The topological polar surface area (TPSA) is 85.3 Å². The number of carbonyl (C=O) groups is 2. The van der Waals surface area contributed by atoms with Gasteiger partial charge in [-0.25, -0.2) is 4.39 Å². The number of anilines is 1. The van der Waals surface area contributed by atoms with Gasteiger partial charge in [0.2, 0.25) is 0 Å². The van der Waals surface area contributed by atoms with E-state index in [1.165, 1.54) is 24.1 Å². The molecule has 7 nitrogen and oxygen atoms in total. The standard InChI is InChI=1S/C28H25ClFNO6/c1-4-36-17-11-12-19(23(15-17)37-5-2)26(32)24-25(18-8-6-7-9-22(18)35-3)31(28(34)27(24)33)16-10-13-21(30)20(29)14-16/h6-15,25,32H,4-5H2,1-3H3/b26-24+. The lowest BCUT2D eigenvalue weighted by Crippen LogP contribution is -2.29. The van der Waals surface area contributed by atoms with Crippen molar-refractivity contribution in [1.82, 2.24) is 0 Å². The van der Waals surface area contributed by atoms with Crippen molar-refractivity contribution in [1.29, 1.82) is 0 Å². The van der Waals surface area contributed by atoms with Crippen molar-refractivity contribution in [2.24, 2.45) is 0 Å². The van der Waals surface area contributed by atoms with Crippen LogP contribution in [0, 0.1) is 5.82 Å². The Bertz CT molecular complexity index is 1390. The molecule has 1 unspecified atom stereocenters. The zero-order chi connectivity index (χ0) is 26.7. The number of halogens is 2. The van der Waals surface area contributed by atoms with Crippen molar-refractivity contribution in [2.75, 3.05) is 25.2 Å². The van der Waals surface area contributed by atoms with E-state index in [4.69, 9.17) is 25.8 Å². The maximum atomic E-state index is 13.9. The number of hydrogen-bond acceptors (Lipinski definition) is 6. The van der Waals surface area contributed by atoms with Gasteiger partial charge in [0, 0.05) is 17.3 Å². The number of para-hydroxylation sites is 1. The van der Waals surface area contributed by atoms with Crippen molar-refractivity contribution in [3.8, 4) is 17.2 Å². The summed E-state index contributed by atoms with van der Waals surface area (Å²) in [6.45, 7) is 4.33. The van der Waals surface area contributed by atoms with Gasteiger partial charge in [-0.3, -0.25) is 14.5 Å². The summed E-state index contributed by atoms with van der Waals surface area (Å²) in [5, 5.41) is 11.3. The number of hydrogen-bond donors (Lipinski definition) is 1. The summed E-state index contributed by atoms with van der Waals surface area (Å²) in [6, 6.07) is 14.2. The highest BCUT2D eigenvalue weighted by Crippen LogP contribution is 2.46. The van der Waals surface area contributed by atoms with Gasteiger partial charge in [-0.15, -0.1) is 0 Å². The van der Waals surface area contributed by atoms with Gasteiger partial charge >= 0.3 is 0 Å². The van der Waals surface area contributed by atoms with Crippen molar-refractivity contribution < 1.29 is 33.3 Å². The monoisotopic (exact) mass is 525 g/mol. The first kappa shape index (κ1) is 26.0. The molecule has 37 heavy (non-hydrogen) atoms. The lowest BCUT2D eigenvalue weighted by atomic mass is 9.94. The Kier molecular flexibility index (Phi) is 7.69. The molecular formula is C28H25ClFNO6. The number of benzene rings is 3. The van der Waals surface area contributed by atoms with Gasteiger partial charge in [-0.1, -0.05) is 29.8 Å². The van der Waals surface area contributed by atoms with Crippen LogP contribution in [0.2, 0.25) is 5.02 Å². The van der Waals surface area contributed by atoms with E-state index < -0.39 is 29.3 Å². The van der Waals surface area contributed by atoms with E-state index in [-0.39, 0.29) is 34.2 Å². The van der Waals surface area contributed by atoms with Gasteiger partial charge in [0.1, 0.15) is 28.8 Å². The van der Waals surface area contributed by atoms with Crippen LogP contribution in [0.5, 0.6) is 17.2 Å². The van der Waals surface area contributed by atoms with Crippen molar-refractivity contribution in [3.63, 3.8) is 0 Å². The van der Waals surface area contributed by atoms with E-state index in [0.717, 1.165) is 6.07 Å². The van der Waals surface area contributed by atoms with Gasteiger partial charge in [0.05, 0.1) is 42.5 Å². The average molecular weight is 526 g/mol. The highest BCUT2D eigenvalue weighted by molar-refractivity contribution is 6.52. The van der Waals surface area contributed by atoms with E-state index >= 15 is 0 Å². The SMILES string of the molecule is CCOc1ccc(/C(O)=C2\C(=O)C(=O)N(c3ccc(F)c(Cl)c3)C2c2ccccc2OC)c(OCC)c1. The summed E-state index contributed by atoms with van der Waals surface area (Å²) in [4.78, 5) is 28.0. The third-order valence-electron chi connectivity index (χ3n) is 5.88. The van der Waals surface area contributed by atoms with E-state index in [0.29, 0.717) is 23.7 Å². The van der Waals surface area contributed by atoms with Gasteiger partial charge in [0.15, 0.2) is 0 Å². The van der Waals surface area contributed by atoms with Crippen LogP contribution in [-0.4, -0.2) is 37.1 Å². The molecule has 1 saturated heterocycles. The van der Waals surface area contributed by atoms with Crippen molar-refractivity contribution in [3.05, 3.63) is 88.2 Å². The van der Waals surface area contributed by atoms with E-state index in [9.17, 15) is 19.1 Å². The first-order chi connectivity index (χ1) is 17.8. The van der Waals surface area contributed by atoms with E-state index in [1.807, 2.05) is 6.92 Å². The number of rotatable bonds is 8. The molecule has 0 spiro atoms. The number of ether oxygens (including phenoxy) is 3. The molecule has 192 valence electrons. The zero-order valence-corrected chi connectivity index (χ0v) is 21.2. The van der Waals surface area contributed by atoms with Crippen molar-refractivity contribution in [2.45, 2.75) is 19.9 Å². The molecule has 1 amide bonds. The predicted octanol–water partition coefficient (Wildman–Crippen LogP) is 5.91. The minimum absolute atomic E-state index is 0.180. The van der Waals surface area contributed by atoms with Crippen LogP contribution >= 0.6 is 11.6 Å². The van der Waals surface area contributed by atoms with Crippen LogP contribution in [0.1, 0.15) is 31.0 Å². The van der Waals surface area contributed by atoms with Crippen molar-refractivity contribution >= 4 is 34.7 Å². The second kappa shape index (κ2) is 10.9. The van der Waals surface area contributed by atoms with Crippen LogP contribution in [0.15, 0.2) is 66.2 Å². The smallest absolute Gasteiger partial charge is 0.300 e. The Labute approximate surface area is 218 Å². The first-order valence-electron chi connectivity index (χ1n) is 11.6. The van der Waals surface area contributed by atoms with E-state index in [1.54, 1.807) is 49.4 Å². The molecule has 1 N–H and O–H groups in total. The summed E-state index contributed by atoms with van der Waals surface area (Å²) < 4.78 is 30.7. The molecule has 4 rings (SSSR count). The Morgan fingerprint density at radius 3 is 2.41 bits per heavy atom. The molecule has 9 heteroatoms. The Balaban J connectivity index is 1.99. The number of carbonyl (C=O) groups excluding carboxylic acids is 2. The molecule has 1 fully saturated rings. The number of methoxy groups -OCH3 is 1. The van der Waals surface area contributed by atoms with Crippen LogP contribution in [-0.2, 0) is 9.59 Å². The highest BCUT2D eigenvalue weighted by Gasteiger charge is 2.48. The third-order valence-corrected chi connectivity index (χ3v) is 6.17. The molecule has 1 atom stereocenters. The van der Waals surface area contributed by atoms with Gasteiger partial charge in [-0.2, -0.15) is 0 Å². The number of aliphatic hydroxyl groups is 1. The lowest BCUT2D eigenvalue weighted by molar-refractivity contribution is -0.132. The molecule has 0 radical (unpaired) electrons. The maximum absolute atomic E-state index is 13.9. The quantitative estimate of drug-likeness (QED) is 0.223. The molecule has 3 aromatic carbocycles. The molecule has 1 aliphatic rings. The molecule has 0 aromatic heterocycles. The second-order valence-corrected chi connectivity index (χ2v) is 8.44. The molecule has 1 aliphatic heterocycles. The maximum Gasteiger partial charge on any atom is 0.300 e. The highest BCUT2D eigenvalue weighted by atomic mass is 35.5. The Morgan fingerprint density at radius 1 is 1.00 bits per heavy atom. The summed E-state index contributed by atoms with van der Waals surface area (Å²) in [7, 11) is 1.46. The molecule has 3 aromatic rings. The number of aliphatic hydroxyl groups excluding tert-OH is 1. The van der Waals surface area contributed by atoms with Crippen LogP contribution in [0.4, 0.5) is 10.1 Å². The van der Waals surface area contributed by atoms with Crippen LogP contribution in [0.3, 0.4) is 0 Å². The fourth-order valence-electron chi connectivity index (χ4n) is 4.30. The summed E-state index contributed by atoms with van der Waals surface area (Å²) in [5.74, 6) is -1.77. The number of nitrogens with zero attached hydrogens (tertiary/aromatic N) is 1. The molecule has 0 saturated carbocycles. The summed E-state index contributed by atoms with van der Waals surface area (Å²) in [5.41, 5.74) is 0.649. The van der Waals surface area contributed by atoms with Gasteiger partial charge < -0.3 is 19.3 Å². The zero-order valence-electron chi connectivity index (χ0n) is 20.5. The average Bonchev–Trinajstić information content (AvgIpc) is 3.16. The van der Waals surface area contributed by atoms with Crippen LogP contribution in [0.25, 0.3) is 5.76 Å². The fourth-order valence-corrected chi connectivity index (χ4v) is 4.47.